The number of nitrogens with one attached hydrogen (secondary N) is 1. The van der Waals surface area contributed by atoms with Gasteiger partial charge in [0, 0.05) is 18.2 Å². The van der Waals surface area contributed by atoms with Crippen LogP contribution < -0.4 is 5.32 Å². The van der Waals surface area contributed by atoms with Gasteiger partial charge in [-0.3, -0.25) is 9.48 Å². The molecule has 23 heavy (non-hydrogen) atoms. The van der Waals surface area contributed by atoms with Gasteiger partial charge >= 0.3 is 0 Å². The van der Waals surface area contributed by atoms with Gasteiger partial charge in [-0.2, -0.15) is 5.10 Å². The number of carbonyl (C=O) groups is 1. The van der Waals surface area contributed by atoms with Crippen LogP contribution in [0.25, 0.3) is 5.69 Å². The molecule has 0 radical (unpaired) electrons. The third kappa shape index (κ3) is 3.60. The Balaban J connectivity index is 1.67. The lowest BCUT2D eigenvalue weighted by molar-refractivity contribution is -0.116. The Bertz CT molecular complexity index is 811. The Kier molecular flexibility index (Phi) is 4.13. The molecule has 118 valence electrons. The van der Waals surface area contributed by atoms with Crippen molar-refractivity contribution < 1.29 is 9.18 Å². The Hall–Kier alpha value is -3.03. The molecule has 0 spiro atoms. The molecule has 0 aliphatic heterocycles. The standard InChI is InChI=1S/C15H15FN6O/c1-11-7-14(19-15(23)5-6-21-10-17-9-18-21)20-22(11)13-4-2-3-12(16)8-13/h2-4,7-10H,5-6H2,1H3,(H,19,20,23). The molecule has 0 atom stereocenters. The van der Waals surface area contributed by atoms with Crippen LogP contribution in [0.15, 0.2) is 43.0 Å². The van der Waals surface area contributed by atoms with E-state index in [2.05, 4.69) is 20.5 Å². The van der Waals surface area contributed by atoms with E-state index in [0.717, 1.165) is 5.69 Å². The summed E-state index contributed by atoms with van der Waals surface area (Å²) >= 11 is 0. The minimum atomic E-state index is -0.337. The second-order valence-corrected chi connectivity index (χ2v) is 5.02. The van der Waals surface area contributed by atoms with Crippen molar-refractivity contribution in [3.05, 3.63) is 54.5 Å². The smallest absolute Gasteiger partial charge is 0.227 e. The molecule has 2 aromatic heterocycles. The first-order chi connectivity index (χ1) is 11.1. The minimum Gasteiger partial charge on any atom is -0.309 e. The van der Waals surface area contributed by atoms with Crippen molar-refractivity contribution in [3.8, 4) is 5.69 Å². The SMILES string of the molecule is Cc1cc(NC(=O)CCn2cncn2)nn1-c1cccc(F)c1. The van der Waals surface area contributed by atoms with Gasteiger partial charge in [0.15, 0.2) is 5.82 Å². The number of carbonyl (C=O) groups excluding carboxylic acids is 1. The molecule has 1 amide bonds. The van der Waals surface area contributed by atoms with Crippen LogP contribution in [0.4, 0.5) is 10.2 Å². The molecule has 0 bridgehead atoms. The normalized spacial score (nSPS) is 10.7. The first kappa shape index (κ1) is 14.9. The van der Waals surface area contributed by atoms with E-state index in [9.17, 15) is 9.18 Å². The van der Waals surface area contributed by atoms with Crippen molar-refractivity contribution in [3.63, 3.8) is 0 Å². The molecule has 0 saturated heterocycles. The molecular formula is C15H15FN6O. The summed E-state index contributed by atoms with van der Waals surface area (Å²) in [5.74, 6) is -0.0874. The molecule has 1 N–H and O–H groups in total. The minimum absolute atomic E-state index is 0.176. The molecule has 0 unspecified atom stereocenters. The summed E-state index contributed by atoms with van der Waals surface area (Å²) < 4.78 is 16.5. The highest BCUT2D eigenvalue weighted by atomic mass is 19.1. The predicted octanol–water partition coefficient (Wildman–Crippen LogP) is 1.94. The fraction of sp³-hybridized carbons (Fsp3) is 0.200. The van der Waals surface area contributed by atoms with Crippen LogP contribution in [0.2, 0.25) is 0 Å². The largest absolute Gasteiger partial charge is 0.309 e. The van der Waals surface area contributed by atoms with Crippen LogP contribution in [0.5, 0.6) is 0 Å². The number of rotatable bonds is 5. The summed E-state index contributed by atoms with van der Waals surface area (Å²) in [5, 5.41) is 10.9. The number of hydrogen-bond acceptors (Lipinski definition) is 4. The van der Waals surface area contributed by atoms with Crippen molar-refractivity contribution in [1.29, 1.82) is 0 Å². The first-order valence-electron chi connectivity index (χ1n) is 7.07. The van der Waals surface area contributed by atoms with Gasteiger partial charge < -0.3 is 5.32 Å². The number of hydrogen-bond donors (Lipinski definition) is 1. The van der Waals surface area contributed by atoms with Crippen molar-refractivity contribution in [1.82, 2.24) is 24.5 Å². The fourth-order valence-electron chi connectivity index (χ4n) is 2.17. The van der Waals surface area contributed by atoms with Crippen LogP contribution in [-0.4, -0.2) is 30.5 Å². The lowest BCUT2D eigenvalue weighted by atomic mass is 10.3. The zero-order chi connectivity index (χ0) is 16.2. The second-order valence-electron chi connectivity index (χ2n) is 5.02. The van der Waals surface area contributed by atoms with Crippen molar-refractivity contribution in [2.75, 3.05) is 5.32 Å². The zero-order valence-corrected chi connectivity index (χ0v) is 12.5. The van der Waals surface area contributed by atoms with Crippen molar-refractivity contribution in [2.45, 2.75) is 19.9 Å². The van der Waals surface area contributed by atoms with E-state index in [0.29, 0.717) is 18.1 Å². The van der Waals surface area contributed by atoms with Gasteiger partial charge in [-0.25, -0.2) is 14.1 Å². The number of benzene rings is 1. The van der Waals surface area contributed by atoms with Gasteiger partial charge in [-0.1, -0.05) is 6.07 Å². The summed E-state index contributed by atoms with van der Waals surface area (Å²) in [7, 11) is 0. The van der Waals surface area contributed by atoms with Gasteiger partial charge in [0.25, 0.3) is 0 Å². The van der Waals surface area contributed by atoms with Crippen LogP contribution in [0.3, 0.4) is 0 Å². The summed E-state index contributed by atoms with van der Waals surface area (Å²) in [4.78, 5) is 15.8. The quantitative estimate of drug-likeness (QED) is 0.780. The topological polar surface area (TPSA) is 77.6 Å². The maximum atomic E-state index is 13.3. The zero-order valence-electron chi connectivity index (χ0n) is 12.5. The van der Waals surface area contributed by atoms with E-state index < -0.39 is 0 Å². The number of aryl methyl sites for hydroxylation is 2. The molecule has 1 aromatic carbocycles. The molecule has 0 aliphatic carbocycles. The van der Waals surface area contributed by atoms with Crippen LogP contribution in [0, 0.1) is 12.7 Å². The molecular weight excluding hydrogens is 299 g/mol. The molecule has 0 saturated carbocycles. The Morgan fingerprint density at radius 1 is 1.35 bits per heavy atom. The van der Waals surface area contributed by atoms with Gasteiger partial charge in [-0.15, -0.1) is 5.10 Å². The summed E-state index contributed by atoms with van der Waals surface area (Å²) in [5.41, 5.74) is 1.40. The van der Waals surface area contributed by atoms with E-state index in [1.165, 1.54) is 18.5 Å². The maximum absolute atomic E-state index is 13.3. The highest BCUT2D eigenvalue weighted by Gasteiger charge is 2.10. The van der Waals surface area contributed by atoms with E-state index >= 15 is 0 Å². The lowest BCUT2D eigenvalue weighted by Crippen LogP contribution is -2.15. The third-order valence-electron chi connectivity index (χ3n) is 3.24. The highest BCUT2D eigenvalue weighted by molar-refractivity contribution is 5.89. The molecule has 3 aromatic rings. The first-order valence-corrected chi connectivity index (χ1v) is 7.07. The molecule has 0 aliphatic rings. The average Bonchev–Trinajstić information content (AvgIpc) is 3.15. The number of nitrogens with zero attached hydrogens (tertiary/aromatic N) is 5. The molecule has 7 nitrogen and oxygen atoms in total. The van der Waals surface area contributed by atoms with Gasteiger partial charge in [0.2, 0.25) is 5.91 Å². The molecule has 2 heterocycles. The monoisotopic (exact) mass is 314 g/mol. The fourth-order valence-corrected chi connectivity index (χ4v) is 2.17. The van der Waals surface area contributed by atoms with E-state index in [1.807, 2.05) is 6.92 Å². The van der Waals surface area contributed by atoms with Crippen LogP contribution in [-0.2, 0) is 11.3 Å². The lowest BCUT2D eigenvalue weighted by Gasteiger charge is -2.04. The van der Waals surface area contributed by atoms with Gasteiger partial charge in [0.1, 0.15) is 18.5 Å². The Labute approximate surface area is 131 Å². The van der Waals surface area contributed by atoms with Gasteiger partial charge in [0.05, 0.1) is 12.2 Å². The van der Waals surface area contributed by atoms with E-state index in [-0.39, 0.29) is 18.1 Å². The Morgan fingerprint density at radius 3 is 2.96 bits per heavy atom. The Morgan fingerprint density at radius 2 is 2.22 bits per heavy atom. The van der Waals surface area contributed by atoms with Crippen molar-refractivity contribution >= 4 is 11.7 Å². The average molecular weight is 314 g/mol. The molecule has 3 rings (SSSR count). The molecule has 0 fully saturated rings. The van der Waals surface area contributed by atoms with Gasteiger partial charge in [-0.05, 0) is 25.1 Å². The predicted molar refractivity (Wildman–Crippen MR) is 81.5 cm³/mol. The second kappa shape index (κ2) is 6.39. The number of halogens is 1. The van der Waals surface area contributed by atoms with E-state index in [4.69, 9.17) is 0 Å². The number of anilines is 1. The van der Waals surface area contributed by atoms with E-state index in [1.54, 1.807) is 33.9 Å². The molecule has 8 heteroatoms. The van der Waals surface area contributed by atoms with Crippen LogP contribution >= 0.6 is 0 Å². The summed E-state index contributed by atoms with van der Waals surface area (Å²) in [6, 6.07) is 7.85. The third-order valence-corrected chi connectivity index (χ3v) is 3.24. The number of aromatic nitrogens is 5. The van der Waals surface area contributed by atoms with Crippen LogP contribution in [0.1, 0.15) is 12.1 Å². The maximum Gasteiger partial charge on any atom is 0.227 e. The summed E-state index contributed by atoms with van der Waals surface area (Å²) in [6.07, 6.45) is 3.23. The number of amides is 1. The summed E-state index contributed by atoms with van der Waals surface area (Å²) in [6.45, 7) is 2.28. The highest BCUT2D eigenvalue weighted by Crippen LogP contribution is 2.16. The van der Waals surface area contributed by atoms with Crippen molar-refractivity contribution in [2.24, 2.45) is 0 Å².